The molecule has 1 atom stereocenters. The Morgan fingerprint density at radius 2 is 1.73 bits per heavy atom. The number of likely N-dealkylation sites (tertiary alicyclic amines) is 1. The number of nitrogens with one attached hydrogen (secondary N) is 1. The second-order valence-electron chi connectivity index (χ2n) is 8.96. The van der Waals surface area contributed by atoms with Crippen molar-refractivity contribution in [2.45, 2.75) is 32.6 Å². The van der Waals surface area contributed by atoms with Crippen molar-refractivity contribution in [3.8, 4) is 0 Å². The van der Waals surface area contributed by atoms with Crippen molar-refractivity contribution in [2.24, 2.45) is 5.41 Å². The minimum atomic E-state index is -4.63. The van der Waals surface area contributed by atoms with E-state index >= 15 is 0 Å². The molecule has 0 bridgehead atoms. The van der Waals surface area contributed by atoms with Gasteiger partial charge >= 0.3 is 6.18 Å². The zero-order valence-corrected chi connectivity index (χ0v) is 19.6. The Kier molecular flexibility index (Phi) is 7.36. The molecule has 178 valence electrons. The molecule has 2 saturated heterocycles. The summed E-state index contributed by atoms with van der Waals surface area (Å²) in [5, 5.41) is 2.65. The van der Waals surface area contributed by atoms with Crippen LogP contribution in [0.4, 0.5) is 18.9 Å². The maximum atomic E-state index is 14.3. The summed E-state index contributed by atoms with van der Waals surface area (Å²) in [4.78, 5) is 17.2. The molecule has 2 fully saturated rings. The van der Waals surface area contributed by atoms with Crippen LogP contribution in [-0.4, -0.2) is 59.6 Å². The first kappa shape index (κ1) is 24.1. The fraction of sp³-hybridized carbons (Fsp3) is 0.480. The zero-order chi connectivity index (χ0) is 23.5. The first-order valence-electron chi connectivity index (χ1n) is 11.3. The van der Waals surface area contributed by atoms with Crippen LogP contribution in [0.15, 0.2) is 48.5 Å². The summed E-state index contributed by atoms with van der Waals surface area (Å²) in [6.07, 6.45) is -4.86. The largest absolute Gasteiger partial charge is 0.404 e. The first-order valence-corrected chi connectivity index (χ1v) is 12.5. The van der Waals surface area contributed by atoms with Crippen LogP contribution < -0.4 is 5.32 Å². The van der Waals surface area contributed by atoms with Gasteiger partial charge in [-0.1, -0.05) is 42.5 Å². The van der Waals surface area contributed by atoms with Gasteiger partial charge in [-0.15, -0.1) is 0 Å². The lowest BCUT2D eigenvalue weighted by molar-refractivity contribution is -0.215. The number of alkyl halides is 3. The van der Waals surface area contributed by atoms with Crippen LogP contribution in [0.1, 0.15) is 23.1 Å². The average Bonchev–Trinajstić information content (AvgIpc) is 3.23. The number of hydrogen-bond acceptors (Lipinski definition) is 4. The molecule has 4 rings (SSSR count). The predicted octanol–water partition coefficient (Wildman–Crippen LogP) is 4.94. The molecule has 0 aromatic heterocycles. The van der Waals surface area contributed by atoms with Crippen LogP contribution in [-0.2, 0) is 17.9 Å². The second-order valence-corrected chi connectivity index (χ2v) is 10.2. The molecule has 2 aliphatic rings. The summed E-state index contributed by atoms with van der Waals surface area (Å²) >= 11 is 1.93. The number of anilines is 1. The minimum absolute atomic E-state index is 0.230. The molecule has 33 heavy (non-hydrogen) atoms. The first-order chi connectivity index (χ1) is 15.8. The number of halogens is 3. The van der Waals surface area contributed by atoms with E-state index in [0.29, 0.717) is 12.2 Å². The van der Waals surface area contributed by atoms with Crippen LogP contribution in [0.2, 0.25) is 0 Å². The van der Waals surface area contributed by atoms with Crippen LogP contribution in [0.3, 0.4) is 0 Å². The summed E-state index contributed by atoms with van der Waals surface area (Å²) in [7, 11) is 0. The summed E-state index contributed by atoms with van der Waals surface area (Å²) in [5.74, 6) is 1.21. The Hall–Kier alpha value is -2.03. The summed E-state index contributed by atoms with van der Waals surface area (Å²) in [6.45, 7) is 4.90. The van der Waals surface area contributed by atoms with E-state index < -0.39 is 17.5 Å². The van der Waals surface area contributed by atoms with Crippen LogP contribution in [0.5, 0.6) is 0 Å². The smallest absolute Gasteiger partial charge is 0.325 e. The number of thioether (sulfide) groups is 1. The fourth-order valence-corrected chi connectivity index (χ4v) is 5.62. The van der Waals surface area contributed by atoms with Gasteiger partial charge in [0.2, 0.25) is 5.91 Å². The Morgan fingerprint density at radius 1 is 1.00 bits per heavy atom. The summed E-state index contributed by atoms with van der Waals surface area (Å²) in [5.41, 5.74) is 0.872. The van der Waals surface area contributed by atoms with E-state index in [1.807, 2.05) is 61.2 Å². The molecular formula is C25H30F3N3OS. The number of benzene rings is 2. The van der Waals surface area contributed by atoms with Crippen molar-refractivity contribution < 1.29 is 18.0 Å². The van der Waals surface area contributed by atoms with Crippen molar-refractivity contribution in [1.29, 1.82) is 0 Å². The molecule has 1 amide bonds. The molecule has 0 aliphatic carbocycles. The number of amides is 1. The monoisotopic (exact) mass is 477 g/mol. The SMILES string of the molecule is Cc1c(CN2CCSCC2)cccc1NC(=O)C1(C(F)(F)F)CCN(Cc2ccccc2)C1. The zero-order valence-electron chi connectivity index (χ0n) is 18.8. The minimum Gasteiger partial charge on any atom is -0.325 e. The number of carbonyl (C=O) groups is 1. The van der Waals surface area contributed by atoms with E-state index in [4.69, 9.17) is 0 Å². The quantitative estimate of drug-likeness (QED) is 0.640. The molecule has 1 unspecified atom stereocenters. The van der Waals surface area contributed by atoms with Gasteiger partial charge in [0.1, 0.15) is 0 Å². The molecule has 2 aromatic rings. The van der Waals surface area contributed by atoms with E-state index in [0.717, 1.165) is 47.8 Å². The molecule has 0 spiro atoms. The number of nitrogens with zero attached hydrogens (tertiary/aromatic N) is 2. The third-order valence-corrected chi connectivity index (χ3v) is 7.71. The average molecular weight is 478 g/mol. The van der Waals surface area contributed by atoms with Crippen LogP contribution in [0.25, 0.3) is 0 Å². The van der Waals surface area contributed by atoms with Crippen molar-refractivity contribution in [2.75, 3.05) is 43.0 Å². The van der Waals surface area contributed by atoms with Gasteiger partial charge in [-0.05, 0) is 42.6 Å². The van der Waals surface area contributed by atoms with E-state index in [-0.39, 0.29) is 19.5 Å². The fourth-order valence-electron chi connectivity index (χ4n) is 4.64. The lowest BCUT2D eigenvalue weighted by Gasteiger charge is -2.31. The molecule has 2 aromatic carbocycles. The molecule has 2 aliphatic heterocycles. The van der Waals surface area contributed by atoms with Crippen molar-refractivity contribution in [3.63, 3.8) is 0 Å². The highest BCUT2D eigenvalue weighted by Gasteiger charge is 2.63. The lowest BCUT2D eigenvalue weighted by atomic mass is 9.85. The summed E-state index contributed by atoms with van der Waals surface area (Å²) in [6, 6.07) is 14.9. The highest BCUT2D eigenvalue weighted by molar-refractivity contribution is 7.99. The van der Waals surface area contributed by atoms with Crippen molar-refractivity contribution >= 4 is 23.4 Å². The Bertz CT molecular complexity index is 963. The second kappa shape index (κ2) is 10.1. The molecule has 1 N–H and O–H groups in total. The lowest BCUT2D eigenvalue weighted by Crippen LogP contribution is -2.50. The standard InChI is InChI=1S/C25H30F3N3OS/c1-19-21(17-30-12-14-33-15-13-30)8-5-9-22(19)29-23(32)24(25(26,27)28)10-11-31(18-24)16-20-6-3-2-4-7-20/h2-9H,10-18H2,1H3,(H,29,32). The molecular weight excluding hydrogens is 447 g/mol. The third-order valence-electron chi connectivity index (χ3n) is 6.77. The summed E-state index contributed by atoms with van der Waals surface area (Å²) < 4.78 is 42.8. The maximum absolute atomic E-state index is 14.3. The topological polar surface area (TPSA) is 35.6 Å². The number of carbonyl (C=O) groups excluding carboxylic acids is 1. The molecule has 4 nitrogen and oxygen atoms in total. The molecule has 0 radical (unpaired) electrons. The highest BCUT2D eigenvalue weighted by Crippen LogP contribution is 2.46. The van der Waals surface area contributed by atoms with Gasteiger partial charge in [0.25, 0.3) is 0 Å². The predicted molar refractivity (Wildman–Crippen MR) is 127 cm³/mol. The molecule has 2 heterocycles. The van der Waals surface area contributed by atoms with Gasteiger partial charge in [0, 0.05) is 49.9 Å². The molecule has 8 heteroatoms. The van der Waals surface area contributed by atoms with E-state index in [1.165, 1.54) is 0 Å². The normalized spacial score (nSPS) is 22.4. The van der Waals surface area contributed by atoms with E-state index in [2.05, 4.69) is 10.2 Å². The van der Waals surface area contributed by atoms with Gasteiger partial charge in [0.15, 0.2) is 5.41 Å². The van der Waals surface area contributed by atoms with Gasteiger partial charge in [-0.2, -0.15) is 24.9 Å². The van der Waals surface area contributed by atoms with E-state index in [9.17, 15) is 18.0 Å². The highest BCUT2D eigenvalue weighted by atomic mass is 32.2. The maximum Gasteiger partial charge on any atom is 0.404 e. The van der Waals surface area contributed by atoms with Crippen LogP contribution >= 0.6 is 11.8 Å². The third kappa shape index (κ3) is 5.39. The van der Waals surface area contributed by atoms with Gasteiger partial charge in [-0.25, -0.2) is 0 Å². The number of hydrogen-bond donors (Lipinski definition) is 1. The van der Waals surface area contributed by atoms with E-state index in [1.54, 1.807) is 11.0 Å². The van der Waals surface area contributed by atoms with Crippen molar-refractivity contribution in [1.82, 2.24) is 9.80 Å². The van der Waals surface area contributed by atoms with Crippen molar-refractivity contribution in [3.05, 3.63) is 65.2 Å². The Morgan fingerprint density at radius 3 is 2.42 bits per heavy atom. The van der Waals surface area contributed by atoms with Gasteiger partial charge < -0.3 is 5.32 Å². The van der Waals surface area contributed by atoms with Gasteiger partial charge in [-0.3, -0.25) is 14.6 Å². The molecule has 0 saturated carbocycles. The Balaban J connectivity index is 1.50. The number of rotatable bonds is 6. The van der Waals surface area contributed by atoms with Crippen LogP contribution in [0, 0.1) is 12.3 Å². The van der Waals surface area contributed by atoms with Gasteiger partial charge in [0.05, 0.1) is 0 Å². The Labute approximate surface area is 197 Å².